The van der Waals surface area contributed by atoms with Crippen LogP contribution in [-0.2, 0) is 0 Å². The van der Waals surface area contributed by atoms with Crippen LogP contribution in [0.4, 0.5) is 0 Å². The largest absolute Gasteiger partial charge is 0.315 e. The van der Waals surface area contributed by atoms with Crippen LogP contribution in [0.25, 0.3) is 0 Å². The van der Waals surface area contributed by atoms with Crippen molar-refractivity contribution in [3.05, 3.63) is 0 Å². The van der Waals surface area contributed by atoms with E-state index < -0.39 is 0 Å². The molecule has 2 heterocycles. The Morgan fingerprint density at radius 1 is 1.15 bits per heavy atom. The summed E-state index contributed by atoms with van der Waals surface area (Å²) in [5, 5.41) is 3.50. The minimum absolute atomic E-state index is 0.848. The zero-order valence-corrected chi connectivity index (χ0v) is 8.76. The first-order valence-corrected chi connectivity index (χ1v) is 5.81. The second kappa shape index (κ2) is 4.43. The molecule has 1 atom stereocenters. The number of piperidine rings is 2. The lowest BCUT2D eigenvalue weighted by atomic mass is 9.96. The second-order valence-corrected chi connectivity index (χ2v) is 4.72. The zero-order valence-electron chi connectivity index (χ0n) is 8.76. The molecule has 0 aromatic heterocycles. The average molecular weight is 182 g/mol. The van der Waals surface area contributed by atoms with Gasteiger partial charge in [-0.3, -0.25) is 4.90 Å². The lowest BCUT2D eigenvalue weighted by Crippen LogP contribution is -2.48. The van der Waals surface area contributed by atoms with E-state index in [1.54, 1.807) is 0 Å². The van der Waals surface area contributed by atoms with Crippen molar-refractivity contribution in [1.82, 2.24) is 10.2 Å². The van der Waals surface area contributed by atoms with E-state index in [4.69, 9.17) is 0 Å². The number of nitrogens with zero attached hydrogens (tertiary/aromatic N) is 1. The summed E-state index contributed by atoms with van der Waals surface area (Å²) in [7, 11) is 0. The first kappa shape index (κ1) is 9.47. The molecule has 2 rings (SSSR count). The van der Waals surface area contributed by atoms with Crippen molar-refractivity contribution in [2.24, 2.45) is 5.92 Å². The van der Waals surface area contributed by atoms with Crippen LogP contribution in [0, 0.1) is 5.92 Å². The molecule has 2 saturated heterocycles. The van der Waals surface area contributed by atoms with Gasteiger partial charge in [0.2, 0.25) is 0 Å². The lowest BCUT2D eigenvalue weighted by Gasteiger charge is -2.38. The first-order chi connectivity index (χ1) is 6.36. The van der Waals surface area contributed by atoms with Crippen molar-refractivity contribution < 1.29 is 0 Å². The Kier molecular flexibility index (Phi) is 3.23. The average Bonchev–Trinajstić information content (AvgIpc) is 2.20. The van der Waals surface area contributed by atoms with E-state index >= 15 is 0 Å². The van der Waals surface area contributed by atoms with Gasteiger partial charge in [0.05, 0.1) is 0 Å². The summed E-state index contributed by atoms with van der Waals surface area (Å²) in [6, 6.07) is 0.848. The number of rotatable bonds is 1. The van der Waals surface area contributed by atoms with E-state index in [-0.39, 0.29) is 0 Å². The highest BCUT2D eigenvalue weighted by Gasteiger charge is 2.24. The highest BCUT2D eigenvalue weighted by Crippen LogP contribution is 2.20. The SMILES string of the molecule is CC1CCN([C@@H]2CCCNC2)CC1. The van der Waals surface area contributed by atoms with E-state index in [2.05, 4.69) is 17.1 Å². The third-order valence-corrected chi connectivity index (χ3v) is 3.61. The van der Waals surface area contributed by atoms with Gasteiger partial charge in [-0.05, 0) is 51.2 Å². The molecule has 2 fully saturated rings. The number of hydrogen-bond acceptors (Lipinski definition) is 2. The molecule has 0 unspecified atom stereocenters. The van der Waals surface area contributed by atoms with Crippen LogP contribution in [0.3, 0.4) is 0 Å². The second-order valence-electron chi connectivity index (χ2n) is 4.72. The van der Waals surface area contributed by atoms with Gasteiger partial charge in [0, 0.05) is 12.6 Å². The van der Waals surface area contributed by atoms with E-state index in [1.165, 1.54) is 51.9 Å². The van der Waals surface area contributed by atoms with Crippen molar-refractivity contribution in [3.8, 4) is 0 Å². The van der Waals surface area contributed by atoms with E-state index in [0.29, 0.717) is 0 Å². The minimum Gasteiger partial charge on any atom is -0.315 e. The first-order valence-electron chi connectivity index (χ1n) is 5.81. The Morgan fingerprint density at radius 2 is 1.92 bits per heavy atom. The maximum atomic E-state index is 3.50. The summed E-state index contributed by atoms with van der Waals surface area (Å²) in [6.45, 7) is 7.53. The van der Waals surface area contributed by atoms with Gasteiger partial charge < -0.3 is 5.32 Å². The predicted octanol–water partition coefficient (Wildman–Crippen LogP) is 1.47. The van der Waals surface area contributed by atoms with Gasteiger partial charge in [-0.25, -0.2) is 0 Å². The molecule has 0 aromatic carbocycles. The highest BCUT2D eigenvalue weighted by atomic mass is 15.2. The molecule has 2 aliphatic rings. The summed E-state index contributed by atoms with van der Waals surface area (Å²) in [4.78, 5) is 2.70. The zero-order chi connectivity index (χ0) is 9.10. The molecule has 0 amide bonds. The summed E-state index contributed by atoms with van der Waals surface area (Å²) >= 11 is 0. The summed E-state index contributed by atoms with van der Waals surface area (Å²) < 4.78 is 0. The van der Waals surface area contributed by atoms with Crippen LogP contribution in [0.1, 0.15) is 32.6 Å². The molecule has 0 saturated carbocycles. The quantitative estimate of drug-likeness (QED) is 0.660. The Hall–Kier alpha value is -0.0800. The summed E-state index contributed by atoms with van der Waals surface area (Å²) in [5.41, 5.74) is 0. The smallest absolute Gasteiger partial charge is 0.0221 e. The van der Waals surface area contributed by atoms with Gasteiger partial charge >= 0.3 is 0 Å². The van der Waals surface area contributed by atoms with E-state index in [1.807, 2.05) is 0 Å². The molecule has 2 heteroatoms. The van der Waals surface area contributed by atoms with E-state index in [0.717, 1.165) is 12.0 Å². The van der Waals surface area contributed by atoms with Crippen LogP contribution in [0.15, 0.2) is 0 Å². The number of nitrogens with one attached hydrogen (secondary N) is 1. The van der Waals surface area contributed by atoms with Gasteiger partial charge in [0.1, 0.15) is 0 Å². The van der Waals surface area contributed by atoms with E-state index in [9.17, 15) is 0 Å². The van der Waals surface area contributed by atoms with Gasteiger partial charge in [0.15, 0.2) is 0 Å². The van der Waals surface area contributed by atoms with Crippen LogP contribution < -0.4 is 5.32 Å². The van der Waals surface area contributed by atoms with Crippen molar-refractivity contribution in [2.45, 2.75) is 38.6 Å². The molecule has 0 spiro atoms. The fourth-order valence-corrected chi connectivity index (χ4v) is 2.54. The van der Waals surface area contributed by atoms with Crippen molar-refractivity contribution in [3.63, 3.8) is 0 Å². The molecule has 2 nitrogen and oxygen atoms in total. The highest BCUT2D eigenvalue weighted by molar-refractivity contribution is 4.81. The van der Waals surface area contributed by atoms with Gasteiger partial charge in [0.25, 0.3) is 0 Å². The van der Waals surface area contributed by atoms with Crippen LogP contribution in [-0.4, -0.2) is 37.1 Å². The Labute approximate surface area is 81.7 Å². The van der Waals surface area contributed by atoms with Crippen LogP contribution in [0.2, 0.25) is 0 Å². The maximum absolute atomic E-state index is 3.50. The third-order valence-electron chi connectivity index (χ3n) is 3.61. The predicted molar refractivity (Wildman–Crippen MR) is 55.9 cm³/mol. The molecule has 1 N–H and O–H groups in total. The Morgan fingerprint density at radius 3 is 2.54 bits per heavy atom. The minimum atomic E-state index is 0.848. The summed E-state index contributed by atoms with van der Waals surface area (Å²) in [6.07, 6.45) is 5.62. The summed E-state index contributed by atoms with van der Waals surface area (Å²) in [5.74, 6) is 0.966. The molecular weight excluding hydrogens is 160 g/mol. The molecule has 2 aliphatic heterocycles. The third kappa shape index (κ3) is 2.44. The molecule has 0 aliphatic carbocycles. The Bertz CT molecular complexity index is 144. The van der Waals surface area contributed by atoms with Crippen LogP contribution in [0.5, 0.6) is 0 Å². The monoisotopic (exact) mass is 182 g/mol. The lowest BCUT2D eigenvalue weighted by molar-refractivity contribution is 0.118. The fourth-order valence-electron chi connectivity index (χ4n) is 2.54. The molecule has 0 radical (unpaired) electrons. The van der Waals surface area contributed by atoms with Gasteiger partial charge in [-0.15, -0.1) is 0 Å². The molecule has 13 heavy (non-hydrogen) atoms. The van der Waals surface area contributed by atoms with Crippen molar-refractivity contribution >= 4 is 0 Å². The Balaban J connectivity index is 1.79. The maximum Gasteiger partial charge on any atom is 0.0221 e. The van der Waals surface area contributed by atoms with Crippen molar-refractivity contribution in [1.29, 1.82) is 0 Å². The topological polar surface area (TPSA) is 15.3 Å². The normalized spacial score (nSPS) is 33.5. The fraction of sp³-hybridized carbons (Fsp3) is 1.00. The van der Waals surface area contributed by atoms with Gasteiger partial charge in [-0.2, -0.15) is 0 Å². The molecule has 0 bridgehead atoms. The standard InChI is InChI=1S/C11H22N2/c1-10-4-7-13(8-5-10)11-3-2-6-12-9-11/h10-12H,2-9H2,1H3/t11-/m1/s1. The van der Waals surface area contributed by atoms with Gasteiger partial charge in [-0.1, -0.05) is 6.92 Å². The van der Waals surface area contributed by atoms with Crippen LogP contribution >= 0.6 is 0 Å². The number of likely N-dealkylation sites (tertiary alicyclic amines) is 1. The molecular formula is C11H22N2. The number of hydrogen-bond donors (Lipinski definition) is 1. The van der Waals surface area contributed by atoms with Crippen molar-refractivity contribution in [2.75, 3.05) is 26.2 Å². The molecule has 76 valence electrons. The molecule has 0 aromatic rings.